The lowest BCUT2D eigenvalue weighted by atomic mass is 10.0. The number of hydrogen-bond donors (Lipinski definition) is 0. The summed E-state index contributed by atoms with van der Waals surface area (Å²) < 4.78 is 6.28. The van der Waals surface area contributed by atoms with Gasteiger partial charge in [-0.05, 0) is 42.5 Å². The molecule has 0 aliphatic carbocycles. The van der Waals surface area contributed by atoms with Crippen LogP contribution in [0.5, 0.6) is 0 Å². The van der Waals surface area contributed by atoms with Crippen molar-refractivity contribution >= 4 is 11.6 Å². The zero-order valence-electron chi connectivity index (χ0n) is 15.7. The van der Waals surface area contributed by atoms with Crippen molar-refractivity contribution in [1.29, 1.82) is 0 Å². The first-order chi connectivity index (χ1) is 12.8. The van der Waals surface area contributed by atoms with Crippen molar-refractivity contribution in [2.24, 2.45) is 0 Å². The fraction of sp³-hybridized carbons (Fsp3) is 0.435. The van der Waals surface area contributed by atoms with E-state index in [0.29, 0.717) is 13.0 Å². The van der Waals surface area contributed by atoms with E-state index in [1.807, 2.05) is 23.1 Å². The van der Waals surface area contributed by atoms with Gasteiger partial charge in [0.05, 0.1) is 12.7 Å². The summed E-state index contributed by atoms with van der Waals surface area (Å²) >= 11 is 0. The minimum absolute atomic E-state index is 0.122. The quantitative estimate of drug-likeness (QED) is 0.615. The number of ether oxygens (including phenoxy) is 1. The van der Waals surface area contributed by atoms with Crippen LogP contribution in [0.4, 0.5) is 5.69 Å². The molecular formula is C23H29NO2. The minimum atomic E-state index is 0.122. The van der Waals surface area contributed by atoms with Crippen LogP contribution in [0.15, 0.2) is 54.6 Å². The standard InChI is InChI=1S/C23H29NO2/c1-2-3-14-22(20-11-5-4-6-12-20)26-18-19-10-9-13-21(17-19)24-16-8-7-15-23(24)25/h4-6,9-13,17,22H,2-3,7-8,14-16,18H2,1H3. The predicted molar refractivity (Wildman–Crippen MR) is 106 cm³/mol. The van der Waals surface area contributed by atoms with E-state index in [1.165, 1.54) is 12.0 Å². The smallest absolute Gasteiger partial charge is 0.226 e. The fourth-order valence-corrected chi connectivity index (χ4v) is 3.49. The first-order valence-electron chi connectivity index (χ1n) is 9.84. The van der Waals surface area contributed by atoms with Crippen molar-refractivity contribution in [3.63, 3.8) is 0 Å². The van der Waals surface area contributed by atoms with Crippen molar-refractivity contribution in [3.05, 3.63) is 65.7 Å². The number of carbonyl (C=O) groups is 1. The zero-order chi connectivity index (χ0) is 18.2. The molecule has 0 bridgehead atoms. The maximum absolute atomic E-state index is 12.2. The predicted octanol–water partition coefficient (Wildman–Crippen LogP) is 5.65. The number of unbranched alkanes of at least 4 members (excludes halogenated alkanes) is 1. The molecule has 1 amide bonds. The molecule has 1 aliphatic heterocycles. The summed E-state index contributed by atoms with van der Waals surface area (Å²) in [5.41, 5.74) is 3.36. The number of anilines is 1. The highest BCUT2D eigenvalue weighted by Gasteiger charge is 2.19. The van der Waals surface area contributed by atoms with Crippen molar-refractivity contribution in [2.45, 2.75) is 58.2 Å². The van der Waals surface area contributed by atoms with E-state index in [0.717, 1.165) is 43.5 Å². The molecule has 3 heteroatoms. The molecule has 3 nitrogen and oxygen atoms in total. The van der Waals surface area contributed by atoms with E-state index in [1.54, 1.807) is 0 Å². The Hall–Kier alpha value is -2.13. The molecule has 138 valence electrons. The van der Waals surface area contributed by atoms with Crippen LogP contribution in [0, 0.1) is 0 Å². The fourth-order valence-electron chi connectivity index (χ4n) is 3.49. The number of rotatable bonds is 8. The van der Waals surface area contributed by atoms with Crippen molar-refractivity contribution in [3.8, 4) is 0 Å². The normalized spacial score (nSPS) is 15.9. The second-order valence-electron chi connectivity index (χ2n) is 7.02. The Bertz CT molecular complexity index is 698. The Morgan fingerprint density at radius 1 is 1.08 bits per heavy atom. The highest BCUT2D eigenvalue weighted by Crippen LogP contribution is 2.26. The van der Waals surface area contributed by atoms with E-state index in [4.69, 9.17) is 4.74 Å². The van der Waals surface area contributed by atoms with Gasteiger partial charge in [-0.2, -0.15) is 0 Å². The summed E-state index contributed by atoms with van der Waals surface area (Å²) in [5, 5.41) is 0. The Morgan fingerprint density at radius 2 is 1.92 bits per heavy atom. The van der Waals surface area contributed by atoms with Crippen LogP contribution in [0.3, 0.4) is 0 Å². The number of nitrogens with zero attached hydrogens (tertiary/aromatic N) is 1. The Balaban J connectivity index is 1.67. The molecule has 1 heterocycles. The lowest BCUT2D eigenvalue weighted by Crippen LogP contribution is -2.35. The van der Waals surface area contributed by atoms with Gasteiger partial charge >= 0.3 is 0 Å². The van der Waals surface area contributed by atoms with E-state index in [9.17, 15) is 4.79 Å². The van der Waals surface area contributed by atoms with Gasteiger partial charge in [-0.3, -0.25) is 4.79 Å². The molecule has 3 rings (SSSR count). The Labute approximate surface area is 157 Å². The third-order valence-electron chi connectivity index (χ3n) is 4.99. The minimum Gasteiger partial charge on any atom is -0.369 e. The molecule has 1 unspecified atom stereocenters. The SMILES string of the molecule is CCCCC(OCc1cccc(N2CCCCC2=O)c1)c1ccccc1. The summed E-state index contributed by atoms with van der Waals surface area (Å²) in [5.74, 6) is 0.236. The van der Waals surface area contributed by atoms with Crippen LogP contribution < -0.4 is 4.90 Å². The van der Waals surface area contributed by atoms with Crippen molar-refractivity contribution < 1.29 is 9.53 Å². The second kappa shape index (κ2) is 9.54. The molecule has 1 aliphatic rings. The third kappa shape index (κ3) is 4.95. The van der Waals surface area contributed by atoms with Crippen LogP contribution in [0.2, 0.25) is 0 Å². The molecule has 1 atom stereocenters. The molecule has 0 aromatic heterocycles. The van der Waals surface area contributed by atoms with E-state index < -0.39 is 0 Å². The maximum Gasteiger partial charge on any atom is 0.226 e. The number of hydrogen-bond acceptors (Lipinski definition) is 2. The van der Waals surface area contributed by atoms with Crippen molar-refractivity contribution in [2.75, 3.05) is 11.4 Å². The molecule has 2 aromatic rings. The van der Waals surface area contributed by atoms with Gasteiger partial charge in [-0.25, -0.2) is 0 Å². The average molecular weight is 351 g/mol. The highest BCUT2D eigenvalue weighted by atomic mass is 16.5. The molecule has 26 heavy (non-hydrogen) atoms. The molecule has 0 saturated carbocycles. The summed E-state index contributed by atoms with van der Waals surface area (Å²) in [7, 11) is 0. The van der Waals surface area contributed by atoms with Crippen LogP contribution in [0.1, 0.15) is 62.7 Å². The number of amides is 1. The third-order valence-corrected chi connectivity index (χ3v) is 4.99. The largest absolute Gasteiger partial charge is 0.369 e. The molecule has 0 spiro atoms. The summed E-state index contributed by atoms with van der Waals surface area (Å²) in [4.78, 5) is 14.1. The monoisotopic (exact) mass is 351 g/mol. The van der Waals surface area contributed by atoms with Crippen LogP contribution in [0.25, 0.3) is 0 Å². The van der Waals surface area contributed by atoms with E-state index >= 15 is 0 Å². The van der Waals surface area contributed by atoms with Crippen LogP contribution >= 0.6 is 0 Å². The van der Waals surface area contributed by atoms with Crippen LogP contribution in [-0.4, -0.2) is 12.5 Å². The number of piperidine rings is 1. The van der Waals surface area contributed by atoms with E-state index in [-0.39, 0.29) is 12.0 Å². The molecular weight excluding hydrogens is 322 g/mol. The van der Waals surface area contributed by atoms with Gasteiger partial charge in [0, 0.05) is 18.7 Å². The Kier molecular flexibility index (Phi) is 6.84. The molecule has 2 aromatic carbocycles. The molecule has 0 N–H and O–H groups in total. The summed E-state index contributed by atoms with van der Waals surface area (Å²) in [6.07, 6.45) is 6.23. The van der Waals surface area contributed by atoms with Gasteiger partial charge in [-0.1, -0.05) is 62.2 Å². The molecule has 1 saturated heterocycles. The Morgan fingerprint density at radius 3 is 2.69 bits per heavy atom. The van der Waals surface area contributed by atoms with Gasteiger partial charge in [0.15, 0.2) is 0 Å². The molecule has 0 radical (unpaired) electrons. The van der Waals surface area contributed by atoms with Gasteiger partial charge in [-0.15, -0.1) is 0 Å². The van der Waals surface area contributed by atoms with Gasteiger partial charge < -0.3 is 9.64 Å². The van der Waals surface area contributed by atoms with Crippen molar-refractivity contribution in [1.82, 2.24) is 0 Å². The highest BCUT2D eigenvalue weighted by molar-refractivity contribution is 5.94. The van der Waals surface area contributed by atoms with Gasteiger partial charge in [0.1, 0.15) is 0 Å². The van der Waals surface area contributed by atoms with Gasteiger partial charge in [0.2, 0.25) is 5.91 Å². The summed E-state index contributed by atoms with van der Waals surface area (Å²) in [6.45, 7) is 3.60. The number of benzene rings is 2. The lowest BCUT2D eigenvalue weighted by molar-refractivity contribution is -0.119. The molecule has 1 fully saturated rings. The second-order valence-corrected chi connectivity index (χ2v) is 7.02. The topological polar surface area (TPSA) is 29.5 Å². The van der Waals surface area contributed by atoms with Gasteiger partial charge in [0.25, 0.3) is 0 Å². The average Bonchev–Trinajstić information content (AvgIpc) is 2.69. The first kappa shape index (κ1) is 18.7. The maximum atomic E-state index is 12.2. The first-order valence-corrected chi connectivity index (χ1v) is 9.84. The van der Waals surface area contributed by atoms with Crippen LogP contribution in [-0.2, 0) is 16.1 Å². The summed E-state index contributed by atoms with van der Waals surface area (Å²) in [6, 6.07) is 18.7. The number of carbonyl (C=O) groups excluding carboxylic acids is 1. The lowest BCUT2D eigenvalue weighted by Gasteiger charge is -2.27. The zero-order valence-corrected chi connectivity index (χ0v) is 15.7. The van der Waals surface area contributed by atoms with E-state index in [2.05, 4.69) is 43.3 Å².